The fourth-order valence-electron chi connectivity index (χ4n) is 1.69. The van der Waals surface area contributed by atoms with Gasteiger partial charge in [-0.2, -0.15) is 0 Å². The number of hydrogen-bond acceptors (Lipinski definition) is 1. The van der Waals surface area contributed by atoms with Gasteiger partial charge in [-0.05, 0) is 23.5 Å². The normalized spacial score (nSPS) is 9.90. The topological polar surface area (TPSA) is 11.3 Å². The van der Waals surface area contributed by atoms with E-state index in [0.717, 1.165) is 15.5 Å². The average molecular weight is 620 g/mol. The van der Waals surface area contributed by atoms with Crippen LogP contribution in [0, 0.1) is 0 Å². The molecular weight excluding hydrogens is 609 g/mol. The first kappa shape index (κ1) is 16.6. The molecule has 2 aromatic carbocycles. The standard InChI is InChI=1S/C15H11OS.I3/c1-3-7-12(8-4-1)14-11-16-15(17-14)13-9-5-2-6-10-13;1-3-2/h1-11H;/q+1;-1. The van der Waals surface area contributed by atoms with Crippen molar-refractivity contribution in [3.8, 4) is 21.1 Å². The number of halogens is 3. The van der Waals surface area contributed by atoms with E-state index < -0.39 is 0 Å². The predicted molar refractivity (Wildman–Crippen MR) is 99.9 cm³/mol. The van der Waals surface area contributed by atoms with Gasteiger partial charge in [0, 0.05) is 5.56 Å². The summed E-state index contributed by atoms with van der Waals surface area (Å²) in [6, 6.07) is 20.5. The second-order valence-electron chi connectivity index (χ2n) is 3.78. The fraction of sp³-hybridized carbons (Fsp3) is 0. The van der Waals surface area contributed by atoms with Gasteiger partial charge in [-0.1, -0.05) is 48.5 Å². The summed E-state index contributed by atoms with van der Waals surface area (Å²) < 4.78 is 5.62. The monoisotopic (exact) mass is 620 g/mol. The summed E-state index contributed by atoms with van der Waals surface area (Å²) in [4.78, 5) is 1.16. The van der Waals surface area contributed by atoms with Gasteiger partial charge in [0.05, 0.1) is 5.56 Å². The van der Waals surface area contributed by atoms with Crippen LogP contribution in [0.4, 0.5) is 0 Å². The van der Waals surface area contributed by atoms with Gasteiger partial charge in [-0.3, -0.25) is 0 Å². The van der Waals surface area contributed by atoms with E-state index in [2.05, 4.69) is 61.5 Å². The molecule has 0 spiro atoms. The minimum atomic E-state index is 0.530. The fourth-order valence-corrected chi connectivity index (χ4v) is 2.59. The molecule has 0 unspecified atom stereocenters. The third-order valence-corrected chi connectivity index (χ3v) is 3.61. The van der Waals surface area contributed by atoms with E-state index in [4.69, 9.17) is 4.42 Å². The summed E-state index contributed by atoms with van der Waals surface area (Å²) in [6.45, 7) is 0. The summed E-state index contributed by atoms with van der Waals surface area (Å²) in [7, 11) is 0. The van der Waals surface area contributed by atoms with Crippen LogP contribution in [0.5, 0.6) is 0 Å². The molecule has 3 aromatic rings. The Labute approximate surface area is 152 Å². The van der Waals surface area contributed by atoms with Crippen LogP contribution in [-0.4, -0.2) is 0 Å². The molecule has 0 aliphatic heterocycles. The summed E-state index contributed by atoms with van der Waals surface area (Å²) in [5, 5.41) is 0.949. The van der Waals surface area contributed by atoms with Gasteiger partial charge >= 0.3 is 61.8 Å². The Morgan fingerprint density at radius 1 is 0.800 bits per heavy atom. The molecule has 0 N–H and O–H groups in total. The molecule has 0 atom stereocenters. The molecule has 0 amide bonds. The van der Waals surface area contributed by atoms with Gasteiger partial charge in [0.25, 0.3) is 0 Å². The van der Waals surface area contributed by atoms with Crippen molar-refractivity contribution in [1.29, 1.82) is 0 Å². The zero-order valence-electron chi connectivity index (χ0n) is 10.3. The Hall–Kier alpha value is 0.260. The van der Waals surface area contributed by atoms with Gasteiger partial charge in [0.2, 0.25) is 0 Å². The second-order valence-corrected chi connectivity index (χ2v) is 21.0. The van der Waals surface area contributed by atoms with E-state index >= 15 is 0 Å². The van der Waals surface area contributed by atoms with Crippen LogP contribution in [0.1, 0.15) is 0 Å². The van der Waals surface area contributed by atoms with E-state index in [-0.39, 0.29) is 0 Å². The smallest absolute Gasteiger partial charge is 0.203 e. The molecule has 0 saturated carbocycles. The molecule has 104 valence electrons. The van der Waals surface area contributed by atoms with E-state index in [9.17, 15) is 0 Å². The number of rotatable bonds is 2. The predicted octanol–water partition coefficient (Wildman–Crippen LogP) is 3.73. The number of benzene rings is 2. The van der Waals surface area contributed by atoms with Gasteiger partial charge in [0.1, 0.15) is 4.88 Å². The maximum absolute atomic E-state index is 5.62. The van der Waals surface area contributed by atoms with E-state index in [1.807, 2.05) is 42.7 Å². The number of hydrogen-bond donors (Lipinski definition) is 0. The van der Waals surface area contributed by atoms with Crippen LogP contribution in [0.2, 0.25) is 0 Å². The Balaban J connectivity index is 0.000000452. The third kappa shape index (κ3) is 4.92. The minimum absolute atomic E-state index is 0.530. The Morgan fingerprint density at radius 2 is 1.30 bits per heavy atom. The van der Waals surface area contributed by atoms with Crippen molar-refractivity contribution in [1.82, 2.24) is 0 Å². The molecule has 1 heterocycles. The Bertz CT molecular complexity index is 572. The molecule has 0 fully saturated rings. The molecule has 1 aromatic heterocycles. The first-order valence-corrected chi connectivity index (χ1v) is 19.1. The molecule has 0 bridgehead atoms. The SMILES string of the molecule is I[I-]I.c1ccc(-c2c[o+]c(-c3ccccc3)s2)cc1. The van der Waals surface area contributed by atoms with Gasteiger partial charge < -0.3 is 0 Å². The van der Waals surface area contributed by atoms with Crippen molar-refractivity contribution in [2.24, 2.45) is 0 Å². The first-order valence-electron chi connectivity index (χ1n) is 5.74. The quantitative estimate of drug-likeness (QED) is 0.315. The van der Waals surface area contributed by atoms with Crippen molar-refractivity contribution in [3.05, 3.63) is 66.9 Å². The van der Waals surface area contributed by atoms with Crippen LogP contribution >= 0.6 is 48.6 Å². The van der Waals surface area contributed by atoms with Crippen LogP contribution in [-0.2, 0) is 0 Å². The maximum Gasteiger partial charge on any atom is 0.417 e. The van der Waals surface area contributed by atoms with Gasteiger partial charge in [-0.25, -0.2) is 4.42 Å². The summed E-state index contributed by atoms with van der Waals surface area (Å²) in [5.41, 5.74) is 2.32. The molecule has 20 heavy (non-hydrogen) atoms. The van der Waals surface area contributed by atoms with Crippen LogP contribution < -0.4 is 13.3 Å². The zero-order chi connectivity index (χ0) is 14.2. The first-order chi connectivity index (χ1) is 9.85. The van der Waals surface area contributed by atoms with Crippen molar-refractivity contribution in [2.45, 2.75) is 0 Å². The molecule has 3 rings (SSSR count). The van der Waals surface area contributed by atoms with Crippen LogP contribution in [0.3, 0.4) is 0 Å². The Morgan fingerprint density at radius 3 is 1.85 bits per heavy atom. The second kappa shape index (κ2) is 9.31. The Kier molecular flexibility index (Phi) is 7.74. The van der Waals surface area contributed by atoms with Crippen LogP contribution in [0.25, 0.3) is 21.1 Å². The molecule has 0 aliphatic carbocycles. The summed E-state index contributed by atoms with van der Waals surface area (Å²) >= 11 is 6.97. The largest absolute Gasteiger partial charge is 0.417 e. The zero-order valence-corrected chi connectivity index (χ0v) is 17.6. The molecule has 0 aliphatic rings. The van der Waals surface area contributed by atoms with Crippen molar-refractivity contribution >= 4 is 48.6 Å². The molecular formula is C15H11I3OS. The van der Waals surface area contributed by atoms with E-state index in [1.54, 1.807) is 11.3 Å². The van der Waals surface area contributed by atoms with E-state index in [0.29, 0.717) is 13.3 Å². The van der Waals surface area contributed by atoms with Crippen LogP contribution in [0.15, 0.2) is 71.3 Å². The minimum Gasteiger partial charge on any atom is -0.203 e. The third-order valence-electron chi connectivity index (χ3n) is 2.54. The van der Waals surface area contributed by atoms with Gasteiger partial charge in [-0.15, -0.1) is 0 Å². The van der Waals surface area contributed by atoms with Gasteiger partial charge in [0.15, 0.2) is 0 Å². The molecule has 0 radical (unpaired) electrons. The van der Waals surface area contributed by atoms with Crippen molar-refractivity contribution in [3.63, 3.8) is 0 Å². The molecule has 1 nitrogen and oxygen atoms in total. The molecule has 0 saturated heterocycles. The summed E-state index contributed by atoms with van der Waals surface area (Å²) in [6.07, 6.45) is 1.82. The molecule has 5 heteroatoms. The summed E-state index contributed by atoms with van der Waals surface area (Å²) in [5.74, 6) is 0. The van der Waals surface area contributed by atoms with Crippen molar-refractivity contribution in [2.75, 3.05) is 0 Å². The average Bonchev–Trinajstić information content (AvgIpc) is 3.00. The van der Waals surface area contributed by atoms with Crippen molar-refractivity contribution < 1.29 is 17.7 Å². The maximum atomic E-state index is 5.62. The van der Waals surface area contributed by atoms with E-state index in [1.165, 1.54) is 5.56 Å².